The smallest absolute Gasteiger partial charge is 0.411 e. The number of nitrogens with one attached hydrogen (secondary N) is 2. The van der Waals surface area contributed by atoms with E-state index in [0.29, 0.717) is 23.2 Å². The Balaban J connectivity index is 1.65. The Bertz CT molecular complexity index is 402. The summed E-state index contributed by atoms with van der Waals surface area (Å²) in [7, 11) is 0. The highest BCUT2D eigenvalue weighted by atomic mass is 35.5. The number of rotatable bonds is 4. The van der Waals surface area contributed by atoms with E-state index in [2.05, 4.69) is 10.6 Å². The van der Waals surface area contributed by atoms with Crippen molar-refractivity contribution in [3.8, 4) is 0 Å². The van der Waals surface area contributed by atoms with Crippen LogP contribution in [0.2, 0.25) is 5.02 Å². The Morgan fingerprint density at radius 1 is 1.42 bits per heavy atom. The van der Waals surface area contributed by atoms with E-state index < -0.39 is 6.09 Å². The fourth-order valence-electron chi connectivity index (χ4n) is 2.18. The van der Waals surface area contributed by atoms with Gasteiger partial charge in [0.25, 0.3) is 0 Å². The van der Waals surface area contributed by atoms with Crippen LogP contribution >= 0.6 is 11.6 Å². The molecule has 1 atom stereocenters. The molecule has 0 spiro atoms. The molecule has 0 aliphatic carbocycles. The number of halogens is 1. The summed E-state index contributed by atoms with van der Waals surface area (Å²) in [5.74, 6) is 0.622. The second kappa shape index (κ2) is 7.36. The molecule has 2 rings (SSSR count). The quantitative estimate of drug-likeness (QED) is 0.891. The second-order valence-electron chi connectivity index (χ2n) is 4.77. The molecule has 1 amide bonds. The number of piperidine rings is 1. The van der Waals surface area contributed by atoms with Gasteiger partial charge < -0.3 is 10.1 Å². The number of amides is 1. The van der Waals surface area contributed by atoms with Gasteiger partial charge in [0.05, 0.1) is 6.61 Å². The molecule has 1 unspecified atom stereocenters. The third kappa shape index (κ3) is 5.09. The molecule has 1 aromatic rings. The van der Waals surface area contributed by atoms with Crippen molar-refractivity contribution in [2.24, 2.45) is 5.92 Å². The van der Waals surface area contributed by atoms with Crippen molar-refractivity contribution in [2.75, 3.05) is 25.0 Å². The molecule has 104 valence electrons. The van der Waals surface area contributed by atoms with E-state index in [1.54, 1.807) is 24.3 Å². The van der Waals surface area contributed by atoms with E-state index in [1.165, 1.54) is 12.8 Å². The standard InChI is InChI=1S/C14H19ClN2O2/c15-12-3-5-13(6-4-12)17-14(18)19-9-7-11-2-1-8-16-10-11/h3-6,11,16H,1-2,7-10H2,(H,17,18). The van der Waals surface area contributed by atoms with Gasteiger partial charge >= 0.3 is 6.09 Å². The first-order valence-corrected chi connectivity index (χ1v) is 7.02. The minimum Gasteiger partial charge on any atom is -0.449 e. The summed E-state index contributed by atoms with van der Waals surface area (Å²) in [6.07, 6.45) is 2.93. The SMILES string of the molecule is O=C(Nc1ccc(Cl)cc1)OCCC1CCCNC1. The predicted octanol–water partition coefficient (Wildman–Crippen LogP) is 3.28. The zero-order chi connectivity index (χ0) is 13.5. The van der Waals surface area contributed by atoms with Crippen molar-refractivity contribution < 1.29 is 9.53 Å². The first kappa shape index (κ1) is 14.2. The Morgan fingerprint density at radius 3 is 2.89 bits per heavy atom. The van der Waals surface area contributed by atoms with E-state index in [-0.39, 0.29) is 0 Å². The van der Waals surface area contributed by atoms with Crippen LogP contribution in [0.1, 0.15) is 19.3 Å². The lowest BCUT2D eigenvalue weighted by Crippen LogP contribution is -2.30. The average Bonchev–Trinajstić information content (AvgIpc) is 2.43. The molecule has 1 aliphatic heterocycles. The van der Waals surface area contributed by atoms with Gasteiger partial charge in [0.1, 0.15) is 0 Å². The van der Waals surface area contributed by atoms with E-state index in [4.69, 9.17) is 16.3 Å². The predicted molar refractivity (Wildman–Crippen MR) is 76.6 cm³/mol. The van der Waals surface area contributed by atoms with Crippen molar-refractivity contribution in [3.05, 3.63) is 29.3 Å². The van der Waals surface area contributed by atoms with Gasteiger partial charge in [-0.15, -0.1) is 0 Å². The van der Waals surface area contributed by atoms with Crippen molar-refractivity contribution in [3.63, 3.8) is 0 Å². The monoisotopic (exact) mass is 282 g/mol. The van der Waals surface area contributed by atoms with E-state index in [1.807, 2.05) is 0 Å². The van der Waals surface area contributed by atoms with Gasteiger partial charge in [-0.25, -0.2) is 4.79 Å². The molecule has 1 heterocycles. The van der Waals surface area contributed by atoms with Crippen LogP contribution in [-0.2, 0) is 4.74 Å². The van der Waals surface area contributed by atoms with Gasteiger partial charge in [-0.3, -0.25) is 5.32 Å². The Kier molecular flexibility index (Phi) is 5.48. The minimum atomic E-state index is -0.411. The lowest BCUT2D eigenvalue weighted by atomic mass is 9.97. The maximum atomic E-state index is 11.6. The summed E-state index contributed by atoms with van der Waals surface area (Å²) in [6, 6.07) is 6.94. The van der Waals surface area contributed by atoms with Gasteiger partial charge in [0, 0.05) is 10.7 Å². The van der Waals surface area contributed by atoms with Crippen LogP contribution < -0.4 is 10.6 Å². The van der Waals surface area contributed by atoms with E-state index in [0.717, 1.165) is 19.5 Å². The molecule has 0 saturated carbocycles. The van der Waals surface area contributed by atoms with Gasteiger partial charge in [-0.1, -0.05) is 11.6 Å². The molecule has 0 aromatic heterocycles. The Labute approximate surface area is 118 Å². The maximum absolute atomic E-state index is 11.6. The molecule has 5 heteroatoms. The van der Waals surface area contributed by atoms with Crippen LogP contribution in [0.3, 0.4) is 0 Å². The van der Waals surface area contributed by atoms with E-state index in [9.17, 15) is 4.79 Å². The highest BCUT2D eigenvalue weighted by Gasteiger charge is 2.13. The summed E-state index contributed by atoms with van der Waals surface area (Å²) >= 11 is 5.77. The largest absolute Gasteiger partial charge is 0.449 e. The zero-order valence-corrected chi connectivity index (χ0v) is 11.6. The first-order chi connectivity index (χ1) is 9.24. The molecule has 1 fully saturated rings. The molecule has 0 radical (unpaired) electrons. The fourth-order valence-corrected chi connectivity index (χ4v) is 2.30. The molecular weight excluding hydrogens is 264 g/mol. The Hall–Kier alpha value is -1.26. The summed E-state index contributed by atoms with van der Waals surface area (Å²) in [4.78, 5) is 11.6. The molecule has 1 saturated heterocycles. The van der Waals surface area contributed by atoms with Gasteiger partial charge in [-0.2, -0.15) is 0 Å². The number of hydrogen-bond donors (Lipinski definition) is 2. The molecular formula is C14H19ClN2O2. The normalized spacial score (nSPS) is 18.9. The number of carbonyl (C=O) groups is 1. The number of carbonyl (C=O) groups excluding carboxylic acids is 1. The number of anilines is 1. The molecule has 19 heavy (non-hydrogen) atoms. The minimum absolute atomic E-state index is 0.411. The summed E-state index contributed by atoms with van der Waals surface area (Å²) in [5, 5.41) is 6.66. The number of ether oxygens (including phenoxy) is 1. The van der Waals surface area contributed by atoms with Crippen LogP contribution in [-0.4, -0.2) is 25.8 Å². The number of benzene rings is 1. The lowest BCUT2D eigenvalue weighted by Gasteiger charge is -2.22. The van der Waals surface area contributed by atoms with Crippen LogP contribution in [0, 0.1) is 5.92 Å². The fraction of sp³-hybridized carbons (Fsp3) is 0.500. The van der Waals surface area contributed by atoms with Crippen molar-refractivity contribution in [1.82, 2.24) is 5.32 Å². The summed E-state index contributed by atoms with van der Waals surface area (Å²) < 4.78 is 5.17. The molecule has 1 aliphatic rings. The van der Waals surface area contributed by atoms with E-state index >= 15 is 0 Å². The third-order valence-corrected chi connectivity index (χ3v) is 3.50. The topological polar surface area (TPSA) is 50.4 Å². The molecule has 4 nitrogen and oxygen atoms in total. The summed E-state index contributed by atoms with van der Waals surface area (Å²) in [5.41, 5.74) is 0.689. The van der Waals surface area contributed by atoms with Crippen molar-refractivity contribution in [1.29, 1.82) is 0 Å². The van der Waals surface area contributed by atoms with Crippen LogP contribution in [0.25, 0.3) is 0 Å². The highest BCUT2D eigenvalue weighted by molar-refractivity contribution is 6.30. The second-order valence-corrected chi connectivity index (χ2v) is 5.21. The van der Waals surface area contributed by atoms with Crippen molar-refractivity contribution >= 4 is 23.4 Å². The average molecular weight is 283 g/mol. The maximum Gasteiger partial charge on any atom is 0.411 e. The highest BCUT2D eigenvalue weighted by Crippen LogP contribution is 2.15. The van der Waals surface area contributed by atoms with Crippen LogP contribution in [0.15, 0.2) is 24.3 Å². The van der Waals surface area contributed by atoms with Crippen LogP contribution in [0.5, 0.6) is 0 Å². The van der Waals surface area contributed by atoms with Crippen molar-refractivity contribution in [2.45, 2.75) is 19.3 Å². The molecule has 1 aromatic carbocycles. The third-order valence-electron chi connectivity index (χ3n) is 3.25. The van der Waals surface area contributed by atoms with Crippen LogP contribution in [0.4, 0.5) is 10.5 Å². The number of hydrogen-bond acceptors (Lipinski definition) is 3. The van der Waals surface area contributed by atoms with Gasteiger partial charge in [0.2, 0.25) is 0 Å². The van der Waals surface area contributed by atoms with Gasteiger partial charge in [-0.05, 0) is 62.5 Å². The Morgan fingerprint density at radius 2 is 2.21 bits per heavy atom. The first-order valence-electron chi connectivity index (χ1n) is 6.64. The molecule has 0 bridgehead atoms. The lowest BCUT2D eigenvalue weighted by molar-refractivity contribution is 0.150. The molecule has 2 N–H and O–H groups in total. The van der Waals surface area contributed by atoms with Gasteiger partial charge in [0.15, 0.2) is 0 Å². The zero-order valence-electron chi connectivity index (χ0n) is 10.8. The summed E-state index contributed by atoms with van der Waals surface area (Å²) in [6.45, 7) is 2.60.